The zero-order valence-electron chi connectivity index (χ0n) is 38.4. The van der Waals surface area contributed by atoms with E-state index in [9.17, 15) is 9.90 Å². The van der Waals surface area contributed by atoms with Gasteiger partial charge in [-0.25, -0.2) is 0 Å². The number of carbonyl (C=O) groups excluding carboxylic acids is 1. The fourth-order valence-corrected chi connectivity index (χ4v) is 20.3. The minimum absolute atomic E-state index is 0.000821. The lowest BCUT2D eigenvalue weighted by atomic mass is 9.24. The Bertz CT molecular complexity index is 1540. The molecule has 2 nitrogen and oxygen atoms in total. The quantitative estimate of drug-likeness (QED) is 0.225. The molecule has 8 saturated carbocycles. The summed E-state index contributed by atoms with van der Waals surface area (Å²) in [6.45, 7) is 25.7. The van der Waals surface area contributed by atoms with Gasteiger partial charge in [0.15, 0.2) is 0 Å². The first-order chi connectivity index (χ1) is 26.4. The highest BCUT2D eigenvalue weighted by molar-refractivity contribution is 5.81. The molecule has 4 unspecified atom stereocenters. The summed E-state index contributed by atoms with van der Waals surface area (Å²) in [6.07, 6.45) is 29.9. The third kappa shape index (κ3) is 5.55. The lowest BCUT2D eigenvalue weighted by Crippen LogP contribution is -2.80. The van der Waals surface area contributed by atoms with Crippen LogP contribution in [0.3, 0.4) is 0 Å². The summed E-state index contributed by atoms with van der Waals surface area (Å²) in [5.74, 6) is 10.9. The number of fused-ring (bicyclic) bond motifs is 11. The van der Waals surface area contributed by atoms with Crippen LogP contribution in [-0.2, 0) is 4.79 Å². The maximum Gasteiger partial charge on any atom is 0.133 e. The van der Waals surface area contributed by atoms with E-state index in [1.165, 1.54) is 109 Å². The van der Waals surface area contributed by atoms with Crippen molar-refractivity contribution in [3.63, 3.8) is 0 Å². The van der Waals surface area contributed by atoms with E-state index in [2.05, 4.69) is 75.3 Å². The van der Waals surface area contributed by atoms with Gasteiger partial charge >= 0.3 is 0 Å². The standard InChI is InChI=1S/C54H88O2/c1-33(2)13-11-15-35(5)41-19-21-43-39-18-17-37-30-54(56)47-29-40-44-22-20-42(36(6)16-12-14-34(3)4)50(44,8)27-25-46(40)52(10)28-23-38(55)31-53(47,52)48(54)32-51(37,9)45(39)24-26-49(41,43)7/h30,33-36,39-48,56H,11-29,31-32H2,1-10H3/t35-,36-,39+,40-,41-,42-,43+,44+,45+,46+,47?,48?,49-,50-,51+,52-,53?,54?/m1/s1. The Morgan fingerprint density at radius 3 is 1.80 bits per heavy atom. The average Bonchev–Trinajstić information content (AvgIpc) is 3.68. The van der Waals surface area contributed by atoms with Crippen molar-refractivity contribution < 1.29 is 9.90 Å². The third-order valence-corrected chi connectivity index (χ3v) is 22.8. The molecule has 1 N–H and O–H groups in total. The molecule has 316 valence electrons. The predicted octanol–water partition coefficient (Wildman–Crippen LogP) is 14.3. The molecule has 0 saturated heterocycles. The van der Waals surface area contributed by atoms with Gasteiger partial charge in [-0.1, -0.05) is 119 Å². The SMILES string of the molecule is CC(C)CCC[C@@H](C)[C@H]1CC[C@H]2[C@H]3CC4C5(O)C=C6CC[C@H]7[C@@H]8CC[C@H]([C@H](C)CCCC(C)C)[C@@]8(C)CC[C@@H]7[C@@]6(C)CC5C45CC(=O)CC[C@]5(C)[C@H]3CC[C@]12C. The molecule has 9 aliphatic rings. The first kappa shape index (κ1) is 40.8. The lowest BCUT2D eigenvalue weighted by molar-refractivity contribution is -0.344. The second kappa shape index (κ2) is 13.9. The summed E-state index contributed by atoms with van der Waals surface area (Å²) in [5, 5.41) is 13.4. The van der Waals surface area contributed by atoms with Crippen molar-refractivity contribution in [3.05, 3.63) is 11.6 Å². The van der Waals surface area contributed by atoms with Gasteiger partial charge in [0.05, 0.1) is 5.60 Å². The summed E-state index contributed by atoms with van der Waals surface area (Å²) >= 11 is 0. The van der Waals surface area contributed by atoms with Crippen molar-refractivity contribution >= 4 is 5.78 Å². The van der Waals surface area contributed by atoms with Crippen LogP contribution in [0.5, 0.6) is 0 Å². The van der Waals surface area contributed by atoms with E-state index in [0.717, 1.165) is 96.7 Å². The van der Waals surface area contributed by atoms with Gasteiger partial charge in [-0.2, -0.15) is 0 Å². The number of allylic oxidation sites excluding steroid dienone is 1. The molecular formula is C54H88O2. The highest BCUT2D eigenvalue weighted by Crippen LogP contribution is 2.84. The normalized spacial score (nSPS) is 52.7. The Hall–Kier alpha value is -0.630. The fourth-order valence-electron chi connectivity index (χ4n) is 20.3. The van der Waals surface area contributed by atoms with Crippen LogP contribution >= 0.6 is 0 Å². The molecular weight excluding hydrogens is 681 g/mol. The second-order valence-corrected chi connectivity index (χ2v) is 25.5. The van der Waals surface area contributed by atoms with Gasteiger partial charge in [0.25, 0.3) is 0 Å². The lowest BCUT2D eigenvalue weighted by Gasteiger charge is -2.81. The molecule has 9 aliphatic carbocycles. The average molecular weight is 769 g/mol. The van der Waals surface area contributed by atoms with Gasteiger partial charge in [0, 0.05) is 12.8 Å². The van der Waals surface area contributed by atoms with E-state index in [1.54, 1.807) is 5.57 Å². The Morgan fingerprint density at radius 2 is 1.21 bits per heavy atom. The van der Waals surface area contributed by atoms with Crippen molar-refractivity contribution in [2.45, 2.75) is 210 Å². The Balaban J connectivity index is 0.993. The maximum absolute atomic E-state index is 13.9. The predicted molar refractivity (Wildman–Crippen MR) is 233 cm³/mol. The number of Topliss-reactive ketones (excluding diaryl/α,β-unsaturated/α-hetero) is 1. The summed E-state index contributed by atoms with van der Waals surface area (Å²) in [5.41, 5.74) is 2.29. The Labute approximate surface area is 345 Å². The molecule has 0 aromatic carbocycles. The van der Waals surface area contributed by atoms with Gasteiger partial charge < -0.3 is 5.11 Å². The van der Waals surface area contributed by atoms with Crippen LogP contribution in [0.4, 0.5) is 0 Å². The van der Waals surface area contributed by atoms with E-state index in [4.69, 9.17) is 0 Å². The molecule has 8 fully saturated rings. The molecule has 0 amide bonds. The van der Waals surface area contributed by atoms with Crippen LogP contribution in [0, 0.1) is 110 Å². The number of aliphatic hydroxyl groups is 1. The van der Waals surface area contributed by atoms with Crippen LogP contribution in [0.15, 0.2) is 11.6 Å². The molecule has 0 aromatic heterocycles. The number of carbonyl (C=O) groups is 1. The van der Waals surface area contributed by atoms with Crippen LogP contribution in [0.1, 0.15) is 204 Å². The highest BCUT2D eigenvalue weighted by atomic mass is 16.3. The molecule has 0 radical (unpaired) electrons. The first-order valence-corrected chi connectivity index (χ1v) is 25.4. The van der Waals surface area contributed by atoms with E-state index in [1.807, 2.05) is 0 Å². The molecule has 0 heterocycles. The highest BCUT2D eigenvalue weighted by Gasteiger charge is 2.82. The van der Waals surface area contributed by atoms with Crippen molar-refractivity contribution in [3.8, 4) is 0 Å². The van der Waals surface area contributed by atoms with E-state index >= 15 is 0 Å². The molecule has 0 bridgehead atoms. The Morgan fingerprint density at radius 1 is 0.643 bits per heavy atom. The van der Waals surface area contributed by atoms with Gasteiger partial charge in [0.2, 0.25) is 0 Å². The van der Waals surface area contributed by atoms with Gasteiger partial charge in [0.1, 0.15) is 5.78 Å². The topological polar surface area (TPSA) is 37.3 Å². The van der Waals surface area contributed by atoms with Crippen LogP contribution in [-0.4, -0.2) is 16.5 Å². The van der Waals surface area contributed by atoms with E-state index < -0.39 is 5.60 Å². The monoisotopic (exact) mass is 769 g/mol. The molecule has 2 heteroatoms. The van der Waals surface area contributed by atoms with Crippen molar-refractivity contribution in [1.29, 1.82) is 0 Å². The molecule has 9 rings (SSSR count). The fraction of sp³-hybridized carbons (Fsp3) is 0.944. The van der Waals surface area contributed by atoms with Gasteiger partial charge in [-0.05, 0) is 193 Å². The van der Waals surface area contributed by atoms with Gasteiger partial charge in [-0.15, -0.1) is 0 Å². The smallest absolute Gasteiger partial charge is 0.133 e. The summed E-state index contributed by atoms with van der Waals surface area (Å²) in [4.78, 5) is 13.9. The number of hydrogen-bond acceptors (Lipinski definition) is 2. The van der Waals surface area contributed by atoms with Crippen molar-refractivity contribution in [2.75, 3.05) is 0 Å². The summed E-state index contributed by atoms with van der Waals surface area (Å²) in [6, 6.07) is 0. The third-order valence-electron chi connectivity index (χ3n) is 22.8. The molecule has 18 atom stereocenters. The maximum atomic E-state index is 13.9. The minimum Gasteiger partial charge on any atom is -0.385 e. The van der Waals surface area contributed by atoms with E-state index in [0.29, 0.717) is 16.6 Å². The van der Waals surface area contributed by atoms with Gasteiger partial charge in [-0.3, -0.25) is 4.79 Å². The van der Waals surface area contributed by atoms with Crippen LogP contribution in [0.2, 0.25) is 0 Å². The summed E-state index contributed by atoms with van der Waals surface area (Å²) < 4.78 is 0. The minimum atomic E-state index is -0.700. The number of ketones is 1. The largest absolute Gasteiger partial charge is 0.385 e. The van der Waals surface area contributed by atoms with Crippen molar-refractivity contribution in [1.82, 2.24) is 0 Å². The Kier molecular flexibility index (Phi) is 10.2. The first-order valence-electron chi connectivity index (χ1n) is 25.4. The number of rotatable bonds is 10. The zero-order chi connectivity index (χ0) is 39.8. The number of hydrogen-bond donors (Lipinski definition) is 1. The molecule has 56 heavy (non-hydrogen) atoms. The zero-order valence-corrected chi connectivity index (χ0v) is 38.4. The molecule has 0 aliphatic heterocycles. The second-order valence-electron chi connectivity index (χ2n) is 25.5. The molecule has 0 aromatic rings. The van der Waals surface area contributed by atoms with Crippen LogP contribution < -0.4 is 0 Å². The van der Waals surface area contributed by atoms with E-state index in [-0.39, 0.29) is 28.1 Å². The van der Waals surface area contributed by atoms with Crippen LogP contribution in [0.25, 0.3) is 0 Å². The van der Waals surface area contributed by atoms with Crippen molar-refractivity contribution in [2.24, 2.45) is 110 Å². The summed E-state index contributed by atoms with van der Waals surface area (Å²) in [7, 11) is 0. The molecule has 1 spiro atoms.